The van der Waals surface area contributed by atoms with Crippen molar-refractivity contribution in [2.45, 2.75) is 50.0 Å². The first-order valence-corrected chi connectivity index (χ1v) is 13.1. The highest BCUT2D eigenvalue weighted by Gasteiger charge is 2.42. The van der Waals surface area contributed by atoms with Gasteiger partial charge in [-0.3, -0.25) is 0 Å². The monoisotopic (exact) mass is 274 g/mol. The lowest BCUT2D eigenvalue weighted by Crippen LogP contribution is -2.37. The Hall–Kier alpha value is 1.30. The molecule has 0 unspecified atom stereocenters. The molecule has 0 atom stereocenters. The van der Waals surface area contributed by atoms with Crippen LogP contribution in [0.2, 0.25) is 30.2 Å². The van der Waals surface area contributed by atoms with Gasteiger partial charge >= 0.3 is 0 Å². The lowest BCUT2D eigenvalue weighted by molar-refractivity contribution is 0.862. The lowest BCUT2D eigenvalue weighted by Gasteiger charge is -2.33. The molecule has 1 saturated heterocycles. The van der Waals surface area contributed by atoms with Crippen molar-refractivity contribution in [1.82, 2.24) is 0 Å². The van der Waals surface area contributed by atoms with Crippen LogP contribution >= 0.6 is 33.2 Å². The lowest BCUT2D eigenvalue weighted by atomic mass is 10.4. The van der Waals surface area contributed by atoms with Crippen LogP contribution in [0.1, 0.15) is 19.8 Å². The minimum atomic E-state index is -1.82. The first-order chi connectivity index (χ1) is 5.97. The van der Waals surface area contributed by atoms with Gasteiger partial charge in [0.05, 0.1) is 0 Å². The number of hydrogen-bond acceptors (Lipinski definition) is 0. The average molecular weight is 276 g/mol. The van der Waals surface area contributed by atoms with Crippen LogP contribution < -0.4 is 0 Å². The topological polar surface area (TPSA) is 0 Å². The molecule has 0 N–H and O–H groups in total. The van der Waals surface area contributed by atoms with Crippen molar-refractivity contribution >= 4 is 47.3 Å². The van der Waals surface area contributed by atoms with Crippen molar-refractivity contribution in [2.75, 3.05) is 0 Å². The molecule has 0 bridgehead atoms. The van der Waals surface area contributed by atoms with Crippen LogP contribution in [-0.2, 0) is 0 Å². The SMILES string of the molecule is CCCC[Si]1(Cl)CC[Si](Cl)(Cl)CC1. The van der Waals surface area contributed by atoms with Crippen LogP contribution in [0, 0.1) is 0 Å². The van der Waals surface area contributed by atoms with Crippen molar-refractivity contribution in [1.29, 1.82) is 0 Å². The molecule has 5 heteroatoms. The zero-order valence-corrected chi connectivity index (χ0v) is 12.4. The van der Waals surface area contributed by atoms with Crippen LogP contribution in [-0.4, -0.2) is 14.1 Å². The number of halogens is 3. The number of rotatable bonds is 3. The van der Waals surface area contributed by atoms with Gasteiger partial charge < -0.3 is 0 Å². The first kappa shape index (κ1) is 12.4. The van der Waals surface area contributed by atoms with E-state index in [9.17, 15) is 0 Å². The number of unbranched alkanes of at least 4 members (excludes halogenated alkanes) is 1. The molecule has 1 heterocycles. The van der Waals surface area contributed by atoms with E-state index in [0.29, 0.717) is 0 Å². The molecule has 0 spiro atoms. The summed E-state index contributed by atoms with van der Waals surface area (Å²) in [5, 5.41) is 0. The second-order valence-electron chi connectivity index (χ2n) is 4.11. The van der Waals surface area contributed by atoms with E-state index >= 15 is 0 Å². The summed E-state index contributed by atoms with van der Waals surface area (Å²) in [6.07, 6.45) is 2.54. The minimum Gasteiger partial charge on any atom is -0.167 e. The molecule has 0 aliphatic carbocycles. The van der Waals surface area contributed by atoms with Crippen LogP contribution in [0.25, 0.3) is 0 Å². The summed E-state index contributed by atoms with van der Waals surface area (Å²) in [5.74, 6) is 0. The third-order valence-electron chi connectivity index (χ3n) is 2.86. The molecule has 1 fully saturated rings. The molecular formula is C8H17Cl3Si2. The summed E-state index contributed by atoms with van der Waals surface area (Å²) < 4.78 is 0. The second-order valence-corrected chi connectivity index (χ2v) is 18.0. The summed E-state index contributed by atoms with van der Waals surface area (Å²) in [6.45, 7) is 0.398. The predicted octanol–water partition coefficient (Wildman–Crippen LogP) is 4.90. The molecule has 0 aromatic carbocycles. The Morgan fingerprint density at radius 2 is 1.54 bits per heavy atom. The van der Waals surface area contributed by atoms with Crippen molar-refractivity contribution in [3.8, 4) is 0 Å². The van der Waals surface area contributed by atoms with Gasteiger partial charge in [0.1, 0.15) is 0 Å². The fourth-order valence-electron chi connectivity index (χ4n) is 1.81. The van der Waals surface area contributed by atoms with Gasteiger partial charge in [0.25, 0.3) is 6.69 Å². The Labute approximate surface area is 97.1 Å². The highest BCUT2D eigenvalue weighted by Crippen LogP contribution is 2.44. The van der Waals surface area contributed by atoms with E-state index in [0.717, 1.165) is 24.2 Å². The average Bonchev–Trinajstić information content (AvgIpc) is 2.08. The van der Waals surface area contributed by atoms with E-state index in [-0.39, 0.29) is 0 Å². The highest BCUT2D eigenvalue weighted by molar-refractivity contribution is 7.46. The summed E-state index contributed by atoms with van der Waals surface area (Å²) in [5.41, 5.74) is 0. The predicted molar refractivity (Wildman–Crippen MR) is 68.0 cm³/mol. The molecule has 0 saturated carbocycles. The summed E-state index contributed by atoms with van der Waals surface area (Å²) in [6, 6.07) is 5.66. The van der Waals surface area contributed by atoms with Gasteiger partial charge in [0, 0.05) is 0 Å². The van der Waals surface area contributed by atoms with Gasteiger partial charge in [-0.1, -0.05) is 19.8 Å². The first-order valence-electron chi connectivity index (χ1n) is 5.04. The molecule has 1 aliphatic heterocycles. The molecule has 0 aromatic rings. The summed E-state index contributed by atoms with van der Waals surface area (Å²) >= 11 is 19.0. The largest absolute Gasteiger partial charge is 0.250 e. The third kappa shape index (κ3) is 4.12. The van der Waals surface area contributed by atoms with E-state index in [1.165, 1.54) is 18.9 Å². The number of hydrogen-bond donors (Lipinski definition) is 0. The van der Waals surface area contributed by atoms with E-state index in [4.69, 9.17) is 33.2 Å². The van der Waals surface area contributed by atoms with E-state index in [1.807, 2.05) is 0 Å². The molecule has 0 radical (unpaired) electrons. The summed E-state index contributed by atoms with van der Waals surface area (Å²) in [7, 11) is -1.41. The van der Waals surface area contributed by atoms with Crippen molar-refractivity contribution < 1.29 is 0 Å². The van der Waals surface area contributed by atoms with Crippen molar-refractivity contribution in [3.05, 3.63) is 0 Å². The zero-order chi connectivity index (χ0) is 9.95. The Morgan fingerprint density at radius 3 is 2.00 bits per heavy atom. The molecule has 0 aromatic heterocycles. The Bertz CT molecular complexity index is 163. The van der Waals surface area contributed by atoms with Crippen LogP contribution in [0.4, 0.5) is 0 Å². The molecular weight excluding hydrogens is 259 g/mol. The highest BCUT2D eigenvalue weighted by atomic mass is 35.7. The van der Waals surface area contributed by atoms with E-state index < -0.39 is 14.1 Å². The minimum absolute atomic E-state index is 1.04. The van der Waals surface area contributed by atoms with Crippen molar-refractivity contribution in [3.63, 3.8) is 0 Å². The molecule has 13 heavy (non-hydrogen) atoms. The Balaban J connectivity index is 2.37. The maximum Gasteiger partial charge on any atom is 0.250 e. The van der Waals surface area contributed by atoms with Crippen molar-refractivity contribution in [2.24, 2.45) is 0 Å². The van der Waals surface area contributed by atoms with E-state index in [2.05, 4.69) is 6.92 Å². The van der Waals surface area contributed by atoms with Gasteiger partial charge in [0.15, 0.2) is 7.38 Å². The molecule has 0 nitrogen and oxygen atoms in total. The smallest absolute Gasteiger partial charge is 0.167 e. The fourth-order valence-corrected chi connectivity index (χ4v) is 15.8. The summed E-state index contributed by atoms with van der Waals surface area (Å²) in [4.78, 5) is 0. The fraction of sp³-hybridized carbons (Fsp3) is 1.00. The normalized spacial score (nSPS) is 25.8. The van der Waals surface area contributed by atoms with Gasteiger partial charge in [-0.15, -0.1) is 22.2 Å². The van der Waals surface area contributed by atoms with Crippen LogP contribution in [0.15, 0.2) is 0 Å². The van der Waals surface area contributed by atoms with Gasteiger partial charge in [0.2, 0.25) is 0 Å². The molecule has 78 valence electrons. The Kier molecular flexibility index (Phi) is 4.65. The van der Waals surface area contributed by atoms with Crippen LogP contribution in [0.3, 0.4) is 0 Å². The van der Waals surface area contributed by atoms with Crippen LogP contribution in [0.5, 0.6) is 0 Å². The maximum atomic E-state index is 6.62. The van der Waals surface area contributed by atoms with E-state index in [1.54, 1.807) is 0 Å². The van der Waals surface area contributed by atoms with Gasteiger partial charge in [-0.2, -0.15) is 11.1 Å². The van der Waals surface area contributed by atoms with Gasteiger partial charge in [-0.25, -0.2) is 0 Å². The van der Waals surface area contributed by atoms with Gasteiger partial charge in [-0.05, 0) is 30.2 Å². The maximum absolute atomic E-state index is 6.62. The standard InChI is InChI=1S/C8H17Cl3Si2/c1-2-3-4-12(9)5-7-13(10,11)8-6-12/h2-8H2,1H3. The second kappa shape index (κ2) is 4.89. The molecule has 1 rings (SSSR count). The quantitative estimate of drug-likeness (QED) is 0.507. The Morgan fingerprint density at radius 1 is 1.00 bits per heavy atom. The third-order valence-corrected chi connectivity index (χ3v) is 13.3. The molecule has 0 amide bonds. The molecule has 1 aliphatic rings. The zero-order valence-electron chi connectivity index (χ0n) is 8.08.